The molecule has 4 atom stereocenters. The van der Waals surface area contributed by atoms with E-state index in [0.29, 0.717) is 12.3 Å². The monoisotopic (exact) mass is 222 g/mol. The van der Waals surface area contributed by atoms with Crippen molar-refractivity contribution in [3.63, 3.8) is 0 Å². The lowest BCUT2D eigenvalue weighted by molar-refractivity contribution is -0.149. The summed E-state index contributed by atoms with van der Waals surface area (Å²) in [6.45, 7) is 4.66. The highest BCUT2D eigenvalue weighted by atomic mass is 16.4. The summed E-state index contributed by atoms with van der Waals surface area (Å²) >= 11 is 0. The van der Waals surface area contributed by atoms with Crippen molar-refractivity contribution in [1.82, 2.24) is 4.90 Å². The van der Waals surface area contributed by atoms with Gasteiger partial charge in [0.15, 0.2) is 5.41 Å². The number of piperidine rings is 1. The zero-order chi connectivity index (χ0) is 11.8. The van der Waals surface area contributed by atoms with Gasteiger partial charge in [-0.05, 0) is 31.7 Å². The number of fused-ring (bicyclic) bond motifs is 2. The number of nitriles is 1. The first kappa shape index (κ1) is 11.4. The molecule has 0 aliphatic carbocycles. The molecule has 2 fully saturated rings. The van der Waals surface area contributed by atoms with Crippen LogP contribution >= 0.6 is 0 Å². The molecule has 4 heteroatoms. The first-order chi connectivity index (χ1) is 7.64. The minimum atomic E-state index is -1.16. The van der Waals surface area contributed by atoms with Crippen molar-refractivity contribution in [3.8, 4) is 6.07 Å². The summed E-state index contributed by atoms with van der Waals surface area (Å²) in [4.78, 5) is 13.7. The third kappa shape index (κ3) is 1.51. The molecular formula is C12H18N2O2. The van der Waals surface area contributed by atoms with Gasteiger partial charge in [0.2, 0.25) is 0 Å². The highest BCUT2D eigenvalue weighted by Gasteiger charge is 2.52. The van der Waals surface area contributed by atoms with E-state index in [-0.39, 0.29) is 5.92 Å². The van der Waals surface area contributed by atoms with Crippen molar-refractivity contribution in [2.24, 2.45) is 17.3 Å². The largest absolute Gasteiger partial charge is 0.480 e. The van der Waals surface area contributed by atoms with E-state index in [1.807, 2.05) is 6.92 Å². The van der Waals surface area contributed by atoms with Gasteiger partial charge >= 0.3 is 5.97 Å². The van der Waals surface area contributed by atoms with E-state index in [0.717, 1.165) is 32.5 Å². The number of carboxylic acid groups (broad SMARTS) is 1. The van der Waals surface area contributed by atoms with Gasteiger partial charge in [0, 0.05) is 19.0 Å². The van der Waals surface area contributed by atoms with Crippen LogP contribution in [0.5, 0.6) is 0 Å². The zero-order valence-electron chi connectivity index (χ0n) is 9.65. The smallest absolute Gasteiger partial charge is 0.324 e. The Morgan fingerprint density at radius 1 is 1.62 bits per heavy atom. The summed E-state index contributed by atoms with van der Waals surface area (Å²) in [5, 5.41) is 18.6. The molecule has 2 saturated heterocycles. The number of hydrogen-bond acceptors (Lipinski definition) is 3. The van der Waals surface area contributed by atoms with Crippen LogP contribution < -0.4 is 0 Å². The maximum Gasteiger partial charge on any atom is 0.324 e. The van der Waals surface area contributed by atoms with Crippen LogP contribution in [0.25, 0.3) is 0 Å². The average Bonchev–Trinajstić information content (AvgIpc) is 2.57. The van der Waals surface area contributed by atoms with Crippen LogP contribution in [0.3, 0.4) is 0 Å². The van der Waals surface area contributed by atoms with Gasteiger partial charge < -0.3 is 10.0 Å². The molecule has 88 valence electrons. The minimum Gasteiger partial charge on any atom is -0.480 e. The van der Waals surface area contributed by atoms with Gasteiger partial charge in [0.25, 0.3) is 0 Å². The molecule has 0 spiro atoms. The SMILES string of the molecule is CCC(C#N)(C(=O)O)C1CN2CCCC1C2. The molecule has 2 rings (SSSR count). The van der Waals surface area contributed by atoms with Crippen LogP contribution in [-0.4, -0.2) is 35.6 Å². The van der Waals surface area contributed by atoms with Crippen molar-refractivity contribution < 1.29 is 9.90 Å². The number of rotatable bonds is 3. The Balaban J connectivity index is 2.28. The van der Waals surface area contributed by atoms with E-state index in [2.05, 4.69) is 11.0 Å². The fraction of sp³-hybridized carbons (Fsp3) is 0.833. The van der Waals surface area contributed by atoms with Gasteiger partial charge in [-0.3, -0.25) is 4.79 Å². The standard InChI is InChI=1S/C12H18N2O2/c1-2-12(8-13,11(15)16)10-7-14-5-3-4-9(10)6-14/h9-10H,2-7H2,1H3,(H,15,16). The maximum absolute atomic E-state index is 11.4. The molecule has 0 saturated carbocycles. The maximum atomic E-state index is 11.4. The lowest BCUT2D eigenvalue weighted by atomic mass is 9.69. The highest BCUT2D eigenvalue weighted by molar-refractivity contribution is 5.78. The molecule has 0 aromatic heterocycles. The topological polar surface area (TPSA) is 64.3 Å². The van der Waals surface area contributed by atoms with Crippen LogP contribution in [0.2, 0.25) is 0 Å². The Kier molecular flexibility index (Phi) is 2.90. The summed E-state index contributed by atoms with van der Waals surface area (Å²) < 4.78 is 0. The third-order valence-corrected chi connectivity index (χ3v) is 4.34. The Morgan fingerprint density at radius 2 is 2.38 bits per heavy atom. The molecule has 1 N–H and O–H groups in total. The first-order valence-electron chi connectivity index (χ1n) is 6.01. The predicted molar refractivity (Wildman–Crippen MR) is 58.6 cm³/mol. The van der Waals surface area contributed by atoms with Gasteiger partial charge in [0.1, 0.15) is 0 Å². The molecular weight excluding hydrogens is 204 g/mol. The molecule has 16 heavy (non-hydrogen) atoms. The average molecular weight is 222 g/mol. The summed E-state index contributed by atoms with van der Waals surface area (Å²) in [6, 6.07) is 2.09. The Labute approximate surface area is 95.9 Å². The lowest BCUT2D eigenvalue weighted by Gasteiger charge is -2.30. The first-order valence-corrected chi connectivity index (χ1v) is 6.01. The van der Waals surface area contributed by atoms with Gasteiger partial charge in [-0.2, -0.15) is 5.26 Å². The van der Waals surface area contributed by atoms with Crippen LogP contribution in [0.4, 0.5) is 0 Å². The molecule has 2 bridgehead atoms. The number of carboxylic acids is 1. The molecule has 0 aromatic rings. The molecule has 2 aliphatic rings. The summed E-state index contributed by atoms with van der Waals surface area (Å²) in [5.74, 6) is -0.511. The fourth-order valence-electron chi connectivity index (χ4n) is 3.35. The summed E-state index contributed by atoms with van der Waals surface area (Å²) in [6.07, 6.45) is 2.64. The van der Waals surface area contributed by atoms with E-state index in [4.69, 9.17) is 0 Å². The second kappa shape index (κ2) is 4.06. The molecule has 2 heterocycles. The molecule has 4 unspecified atom stereocenters. The van der Waals surface area contributed by atoms with Gasteiger partial charge in [0.05, 0.1) is 6.07 Å². The summed E-state index contributed by atoms with van der Waals surface area (Å²) in [7, 11) is 0. The van der Waals surface area contributed by atoms with Crippen LogP contribution in [-0.2, 0) is 4.79 Å². The van der Waals surface area contributed by atoms with Gasteiger partial charge in [-0.1, -0.05) is 6.92 Å². The number of aliphatic carboxylic acids is 1. The lowest BCUT2D eigenvalue weighted by Crippen LogP contribution is -2.40. The minimum absolute atomic E-state index is 0.0162. The van der Waals surface area contributed by atoms with E-state index in [1.165, 1.54) is 0 Å². The van der Waals surface area contributed by atoms with Crippen molar-refractivity contribution in [3.05, 3.63) is 0 Å². The van der Waals surface area contributed by atoms with Crippen molar-refractivity contribution in [1.29, 1.82) is 5.26 Å². The van der Waals surface area contributed by atoms with E-state index in [9.17, 15) is 15.2 Å². The molecule has 0 amide bonds. The second-order valence-electron chi connectivity index (χ2n) is 5.01. The Bertz CT molecular complexity index is 336. The fourth-order valence-corrected chi connectivity index (χ4v) is 3.35. The quantitative estimate of drug-likeness (QED) is 0.782. The van der Waals surface area contributed by atoms with Crippen LogP contribution in [0.15, 0.2) is 0 Å². The number of carbonyl (C=O) groups is 1. The molecule has 0 radical (unpaired) electrons. The van der Waals surface area contributed by atoms with Crippen LogP contribution in [0, 0.1) is 28.6 Å². The molecule has 4 nitrogen and oxygen atoms in total. The van der Waals surface area contributed by atoms with Gasteiger partial charge in [-0.15, -0.1) is 0 Å². The Morgan fingerprint density at radius 3 is 2.88 bits per heavy atom. The van der Waals surface area contributed by atoms with E-state index < -0.39 is 11.4 Å². The second-order valence-corrected chi connectivity index (χ2v) is 5.01. The Hall–Kier alpha value is -1.08. The normalized spacial score (nSPS) is 36.4. The van der Waals surface area contributed by atoms with Crippen molar-refractivity contribution >= 4 is 5.97 Å². The number of hydrogen-bond donors (Lipinski definition) is 1. The van der Waals surface area contributed by atoms with E-state index in [1.54, 1.807) is 0 Å². The van der Waals surface area contributed by atoms with Crippen molar-refractivity contribution in [2.45, 2.75) is 26.2 Å². The predicted octanol–water partition coefficient (Wildman–Crippen LogP) is 1.33. The third-order valence-electron chi connectivity index (χ3n) is 4.34. The molecule has 2 aliphatic heterocycles. The van der Waals surface area contributed by atoms with Crippen molar-refractivity contribution in [2.75, 3.05) is 19.6 Å². The highest BCUT2D eigenvalue weighted by Crippen LogP contribution is 2.44. The van der Waals surface area contributed by atoms with E-state index >= 15 is 0 Å². The van der Waals surface area contributed by atoms with Crippen LogP contribution in [0.1, 0.15) is 26.2 Å². The zero-order valence-corrected chi connectivity index (χ0v) is 9.65. The molecule has 0 aromatic carbocycles. The van der Waals surface area contributed by atoms with Gasteiger partial charge in [-0.25, -0.2) is 0 Å². The number of nitrogens with zero attached hydrogens (tertiary/aromatic N) is 2. The summed E-state index contributed by atoms with van der Waals surface area (Å²) in [5.41, 5.74) is -1.16.